The average Bonchev–Trinajstić information content (AvgIpc) is 2.09. The Balaban J connectivity index is 2.68. The molecule has 1 aliphatic carbocycles. The summed E-state index contributed by atoms with van der Waals surface area (Å²) in [6.45, 7) is 4.96. The van der Waals surface area contributed by atoms with E-state index in [1.54, 1.807) is 20.8 Å². The van der Waals surface area contributed by atoms with E-state index in [0.717, 1.165) is 0 Å². The van der Waals surface area contributed by atoms with Gasteiger partial charge in [0.15, 0.2) is 6.29 Å². The van der Waals surface area contributed by atoms with Crippen molar-refractivity contribution in [1.29, 1.82) is 0 Å². The van der Waals surface area contributed by atoms with Crippen molar-refractivity contribution in [2.45, 2.75) is 57.0 Å². The molecule has 106 valence electrons. The molecule has 5 nitrogen and oxygen atoms in total. The van der Waals surface area contributed by atoms with Crippen molar-refractivity contribution < 1.29 is 28.2 Å². The Morgan fingerprint density at radius 2 is 1.89 bits per heavy atom. The van der Waals surface area contributed by atoms with E-state index in [1.807, 2.05) is 0 Å². The fraction of sp³-hybridized carbons (Fsp3) is 0.909. The molecule has 0 bridgehead atoms. The van der Waals surface area contributed by atoms with Crippen LogP contribution < -0.4 is 5.32 Å². The molecule has 1 rings (SSSR count). The molecule has 1 fully saturated rings. The summed E-state index contributed by atoms with van der Waals surface area (Å²) in [6.07, 6.45) is -3.69. The van der Waals surface area contributed by atoms with E-state index in [2.05, 4.69) is 10.1 Å². The molecule has 0 spiro atoms. The molecule has 1 aliphatic rings. The van der Waals surface area contributed by atoms with E-state index in [0.29, 0.717) is 0 Å². The van der Waals surface area contributed by atoms with Crippen LogP contribution in [0.3, 0.4) is 0 Å². The van der Waals surface area contributed by atoms with Crippen LogP contribution in [-0.2, 0) is 9.47 Å². The maximum Gasteiger partial charge on any atom is 0.408 e. The Morgan fingerprint density at radius 1 is 1.39 bits per heavy atom. The molecule has 1 amide bonds. The van der Waals surface area contributed by atoms with Crippen molar-refractivity contribution >= 4 is 6.09 Å². The number of aliphatic hydroxyl groups is 1. The fourth-order valence-electron chi connectivity index (χ4n) is 1.93. The highest BCUT2D eigenvalue weighted by Gasteiger charge is 2.61. The van der Waals surface area contributed by atoms with Gasteiger partial charge in [-0.1, -0.05) is 0 Å². The lowest BCUT2D eigenvalue weighted by molar-refractivity contribution is -0.227. The summed E-state index contributed by atoms with van der Waals surface area (Å²) >= 11 is 0. The highest BCUT2D eigenvalue weighted by Crippen LogP contribution is 2.47. The summed E-state index contributed by atoms with van der Waals surface area (Å²) in [4.78, 5) is 11.6. The van der Waals surface area contributed by atoms with Crippen molar-refractivity contribution in [2.75, 3.05) is 7.11 Å². The number of carbonyl (C=O) groups is 1. The van der Waals surface area contributed by atoms with Crippen LogP contribution >= 0.6 is 0 Å². The van der Waals surface area contributed by atoms with Gasteiger partial charge in [0.25, 0.3) is 5.92 Å². The van der Waals surface area contributed by atoms with Crippen LogP contribution in [0.2, 0.25) is 0 Å². The molecule has 7 heteroatoms. The Kier molecular flexibility index (Phi) is 3.88. The standard InChI is InChI=1S/C11H19F2NO4/c1-9(2,3)18-8(16)14-10(7(15)17-4)5-11(12,13)6-10/h7,15H,5-6H2,1-4H3,(H,14,16). The quantitative estimate of drug-likeness (QED) is 0.763. The molecule has 2 N–H and O–H groups in total. The topological polar surface area (TPSA) is 67.8 Å². The lowest BCUT2D eigenvalue weighted by Crippen LogP contribution is -2.69. The Labute approximate surface area is 104 Å². The predicted molar refractivity (Wildman–Crippen MR) is 59.3 cm³/mol. The molecule has 0 aromatic carbocycles. The van der Waals surface area contributed by atoms with Gasteiger partial charge in [0.2, 0.25) is 0 Å². The second-order valence-corrected chi connectivity index (χ2v) is 5.58. The number of alkyl halides is 2. The first kappa shape index (κ1) is 15.1. The molecule has 0 aromatic rings. The monoisotopic (exact) mass is 267 g/mol. The van der Waals surface area contributed by atoms with Gasteiger partial charge in [-0.15, -0.1) is 0 Å². The molecular weight excluding hydrogens is 248 g/mol. The maximum absolute atomic E-state index is 13.0. The maximum atomic E-state index is 13.0. The number of alkyl carbamates (subject to hydrolysis) is 1. The summed E-state index contributed by atoms with van der Waals surface area (Å²) in [5, 5.41) is 11.9. The van der Waals surface area contributed by atoms with Gasteiger partial charge < -0.3 is 19.9 Å². The zero-order valence-electron chi connectivity index (χ0n) is 10.9. The van der Waals surface area contributed by atoms with Gasteiger partial charge in [-0.3, -0.25) is 0 Å². The van der Waals surface area contributed by atoms with Crippen LogP contribution in [0.15, 0.2) is 0 Å². The van der Waals surface area contributed by atoms with E-state index < -0.39 is 42.3 Å². The predicted octanol–water partition coefficient (Wildman–Crippen LogP) is 1.64. The molecule has 0 heterocycles. The zero-order chi connectivity index (χ0) is 14.2. The van der Waals surface area contributed by atoms with Crippen LogP contribution in [0.25, 0.3) is 0 Å². The van der Waals surface area contributed by atoms with E-state index >= 15 is 0 Å². The first-order valence-electron chi connectivity index (χ1n) is 5.60. The van der Waals surface area contributed by atoms with Crippen LogP contribution in [0.4, 0.5) is 13.6 Å². The molecule has 1 saturated carbocycles. The second kappa shape index (κ2) is 4.62. The number of rotatable bonds is 3. The summed E-state index contributed by atoms with van der Waals surface area (Å²) < 4.78 is 35.5. The normalized spacial score (nSPS) is 22.8. The minimum atomic E-state index is -2.91. The number of aliphatic hydroxyl groups excluding tert-OH is 1. The Morgan fingerprint density at radius 3 is 2.22 bits per heavy atom. The van der Waals surface area contributed by atoms with Gasteiger partial charge in [0.1, 0.15) is 11.1 Å². The van der Waals surface area contributed by atoms with Crippen LogP contribution in [0, 0.1) is 0 Å². The molecule has 18 heavy (non-hydrogen) atoms. The fourth-order valence-corrected chi connectivity index (χ4v) is 1.93. The SMILES string of the molecule is COC(O)C1(NC(=O)OC(C)(C)C)CC(F)(F)C1. The van der Waals surface area contributed by atoms with Crippen molar-refractivity contribution in [1.82, 2.24) is 5.32 Å². The summed E-state index contributed by atoms with van der Waals surface area (Å²) in [6, 6.07) is 0. The van der Waals surface area contributed by atoms with Crippen LogP contribution in [0.1, 0.15) is 33.6 Å². The van der Waals surface area contributed by atoms with Crippen LogP contribution in [-0.4, -0.2) is 41.7 Å². The van der Waals surface area contributed by atoms with Crippen molar-refractivity contribution in [3.8, 4) is 0 Å². The Bertz CT molecular complexity index is 319. The third-order valence-corrected chi connectivity index (χ3v) is 2.59. The van der Waals surface area contributed by atoms with Crippen molar-refractivity contribution in [2.24, 2.45) is 0 Å². The average molecular weight is 267 g/mol. The number of ether oxygens (including phenoxy) is 2. The molecule has 0 aliphatic heterocycles. The zero-order valence-corrected chi connectivity index (χ0v) is 10.9. The Hall–Kier alpha value is -0.950. The van der Waals surface area contributed by atoms with Gasteiger partial charge >= 0.3 is 6.09 Å². The van der Waals surface area contributed by atoms with Gasteiger partial charge in [-0.25, -0.2) is 13.6 Å². The van der Waals surface area contributed by atoms with E-state index in [-0.39, 0.29) is 0 Å². The lowest BCUT2D eigenvalue weighted by atomic mass is 9.72. The first-order valence-corrected chi connectivity index (χ1v) is 5.60. The highest BCUT2D eigenvalue weighted by atomic mass is 19.3. The smallest absolute Gasteiger partial charge is 0.408 e. The van der Waals surface area contributed by atoms with E-state index in [1.165, 1.54) is 7.11 Å². The molecular formula is C11H19F2NO4. The van der Waals surface area contributed by atoms with Gasteiger partial charge in [0, 0.05) is 20.0 Å². The molecule has 0 saturated heterocycles. The first-order chi connectivity index (χ1) is 8.00. The van der Waals surface area contributed by atoms with Gasteiger partial charge in [0.05, 0.1) is 0 Å². The van der Waals surface area contributed by atoms with Crippen molar-refractivity contribution in [3.63, 3.8) is 0 Å². The van der Waals surface area contributed by atoms with E-state index in [9.17, 15) is 18.7 Å². The number of halogens is 2. The number of methoxy groups -OCH3 is 1. The summed E-state index contributed by atoms with van der Waals surface area (Å²) in [7, 11) is 1.18. The number of hydrogen-bond acceptors (Lipinski definition) is 4. The summed E-state index contributed by atoms with van der Waals surface area (Å²) in [5.74, 6) is -2.91. The van der Waals surface area contributed by atoms with Crippen molar-refractivity contribution in [3.05, 3.63) is 0 Å². The van der Waals surface area contributed by atoms with Gasteiger partial charge in [-0.05, 0) is 20.8 Å². The number of hydrogen-bond donors (Lipinski definition) is 2. The number of nitrogens with one attached hydrogen (secondary N) is 1. The lowest BCUT2D eigenvalue weighted by Gasteiger charge is -2.49. The highest BCUT2D eigenvalue weighted by molar-refractivity contribution is 5.69. The van der Waals surface area contributed by atoms with Crippen LogP contribution in [0.5, 0.6) is 0 Å². The molecule has 1 atom stereocenters. The van der Waals surface area contributed by atoms with E-state index in [4.69, 9.17) is 4.74 Å². The molecule has 0 aromatic heterocycles. The summed E-state index contributed by atoms with van der Waals surface area (Å²) in [5.41, 5.74) is -2.23. The number of amides is 1. The molecule has 1 unspecified atom stereocenters. The third kappa shape index (κ3) is 3.52. The van der Waals surface area contributed by atoms with Gasteiger partial charge in [-0.2, -0.15) is 0 Å². The third-order valence-electron chi connectivity index (χ3n) is 2.59. The largest absolute Gasteiger partial charge is 0.444 e. The number of carbonyl (C=O) groups excluding carboxylic acids is 1. The minimum absolute atomic E-state index is 0.672. The molecule has 0 radical (unpaired) electrons. The second-order valence-electron chi connectivity index (χ2n) is 5.58. The minimum Gasteiger partial charge on any atom is -0.444 e.